The van der Waals surface area contributed by atoms with Gasteiger partial charge in [0.05, 0.1) is 0 Å². The molecular formula is C7H7F3N2. The van der Waals surface area contributed by atoms with Crippen molar-refractivity contribution in [3.05, 3.63) is 30.1 Å². The van der Waals surface area contributed by atoms with Gasteiger partial charge in [0, 0.05) is 12.4 Å². The molecule has 2 N–H and O–H groups in total. The highest BCUT2D eigenvalue weighted by Crippen LogP contribution is 2.29. The Hall–Kier alpha value is -1.10. The molecule has 0 radical (unpaired) electrons. The first-order chi connectivity index (χ1) is 5.52. The van der Waals surface area contributed by atoms with E-state index in [0.717, 1.165) is 6.20 Å². The van der Waals surface area contributed by atoms with E-state index in [1.165, 1.54) is 18.3 Å². The second-order valence-corrected chi connectivity index (χ2v) is 2.31. The summed E-state index contributed by atoms with van der Waals surface area (Å²) in [5.41, 5.74) is 4.88. The molecule has 0 saturated heterocycles. The van der Waals surface area contributed by atoms with E-state index in [1.807, 2.05) is 0 Å². The first kappa shape index (κ1) is 8.99. The van der Waals surface area contributed by atoms with Gasteiger partial charge in [0.15, 0.2) is 0 Å². The average Bonchev–Trinajstić information content (AvgIpc) is 2.03. The average molecular weight is 176 g/mol. The molecule has 0 spiro atoms. The predicted molar refractivity (Wildman–Crippen MR) is 37.2 cm³/mol. The molecule has 0 amide bonds. The number of aromatic nitrogens is 1. The summed E-state index contributed by atoms with van der Waals surface area (Å²) in [6.07, 6.45) is -1.90. The van der Waals surface area contributed by atoms with Crippen LogP contribution >= 0.6 is 0 Å². The van der Waals surface area contributed by atoms with E-state index in [-0.39, 0.29) is 5.56 Å². The van der Waals surface area contributed by atoms with Gasteiger partial charge in [-0.15, -0.1) is 0 Å². The van der Waals surface area contributed by atoms with Crippen LogP contribution in [0.1, 0.15) is 11.6 Å². The number of pyridine rings is 1. The lowest BCUT2D eigenvalue weighted by Crippen LogP contribution is -2.28. The third kappa shape index (κ3) is 1.94. The van der Waals surface area contributed by atoms with Gasteiger partial charge in [-0.05, 0) is 11.6 Å². The Balaban J connectivity index is 2.86. The van der Waals surface area contributed by atoms with Gasteiger partial charge in [-0.25, -0.2) is 0 Å². The fourth-order valence-electron chi connectivity index (χ4n) is 0.749. The fraction of sp³-hybridized carbons (Fsp3) is 0.286. The summed E-state index contributed by atoms with van der Waals surface area (Å²) in [4.78, 5) is 3.54. The Morgan fingerprint density at radius 1 is 1.42 bits per heavy atom. The number of hydrogen-bond donors (Lipinski definition) is 1. The highest BCUT2D eigenvalue weighted by Gasteiger charge is 2.37. The maximum Gasteiger partial charge on any atom is 0.407 e. The lowest BCUT2D eigenvalue weighted by atomic mass is 10.1. The molecule has 1 aromatic heterocycles. The van der Waals surface area contributed by atoms with Crippen molar-refractivity contribution in [2.45, 2.75) is 12.2 Å². The van der Waals surface area contributed by atoms with E-state index in [0.29, 0.717) is 0 Å². The van der Waals surface area contributed by atoms with E-state index in [2.05, 4.69) is 4.98 Å². The topological polar surface area (TPSA) is 38.9 Å². The zero-order chi connectivity index (χ0) is 9.19. The molecule has 0 aliphatic heterocycles. The molecule has 1 heterocycles. The summed E-state index contributed by atoms with van der Waals surface area (Å²) in [6.45, 7) is 0. The minimum absolute atomic E-state index is 0.0231. The van der Waals surface area contributed by atoms with Crippen LogP contribution < -0.4 is 5.73 Å². The molecule has 5 heteroatoms. The molecule has 0 saturated carbocycles. The van der Waals surface area contributed by atoms with E-state index < -0.39 is 12.2 Å². The van der Waals surface area contributed by atoms with Crippen LogP contribution in [0.3, 0.4) is 0 Å². The number of nitrogens with zero attached hydrogens (tertiary/aromatic N) is 1. The molecule has 1 aromatic rings. The molecule has 0 unspecified atom stereocenters. The molecule has 0 fully saturated rings. The van der Waals surface area contributed by atoms with Crippen molar-refractivity contribution in [2.24, 2.45) is 5.73 Å². The van der Waals surface area contributed by atoms with Gasteiger partial charge in [0.2, 0.25) is 0 Å². The molecule has 0 aliphatic rings. The fourth-order valence-corrected chi connectivity index (χ4v) is 0.749. The van der Waals surface area contributed by atoms with Gasteiger partial charge in [-0.2, -0.15) is 13.2 Å². The number of rotatable bonds is 1. The van der Waals surface area contributed by atoms with Crippen molar-refractivity contribution in [2.75, 3.05) is 0 Å². The lowest BCUT2D eigenvalue weighted by molar-refractivity contribution is -0.149. The highest BCUT2D eigenvalue weighted by molar-refractivity contribution is 5.14. The maximum atomic E-state index is 12.0. The molecule has 66 valence electrons. The van der Waals surface area contributed by atoms with E-state index in [9.17, 15) is 13.2 Å². The smallest absolute Gasteiger partial charge is 0.316 e. The van der Waals surface area contributed by atoms with E-state index in [4.69, 9.17) is 5.73 Å². The summed E-state index contributed by atoms with van der Waals surface area (Å²) < 4.78 is 35.9. The number of halogens is 3. The van der Waals surface area contributed by atoms with Crippen molar-refractivity contribution in [1.82, 2.24) is 4.98 Å². The largest absolute Gasteiger partial charge is 0.407 e. The van der Waals surface area contributed by atoms with Crippen molar-refractivity contribution < 1.29 is 13.2 Å². The monoisotopic (exact) mass is 176 g/mol. The molecule has 0 aliphatic carbocycles. The zero-order valence-corrected chi connectivity index (χ0v) is 6.05. The summed E-state index contributed by atoms with van der Waals surface area (Å²) >= 11 is 0. The van der Waals surface area contributed by atoms with Gasteiger partial charge in [0.1, 0.15) is 6.04 Å². The van der Waals surface area contributed by atoms with Crippen LogP contribution in [-0.2, 0) is 0 Å². The van der Waals surface area contributed by atoms with Crippen LogP contribution in [0.4, 0.5) is 13.2 Å². The quantitative estimate of drug-likeness (QED) is 0.706. The van der Waals surface area contributed by atoms with Gasteiger partial charge in [-0.1, -0.05) is 6.07 Å². The van der Waals surface area contributed by atoms with E-state index in [1.54, 1.807) is 0 Å². The van der Waals surface area contributed by atoms with Crippen molar-refractivity contribution in [1.29, 1.82) is 0 Å². The highest BCUT2D eigenvalue weighted by atomic mass is 19.4. The van der Waals surface area contributed by atoms with E-state index >= 15 is 0 Å². The Bertz CT molecular complexity index is 245. The Labute approximate surface area is 67.2 Å². The third-order valence-electron chi connectivity index (χ3n) is 1.40. The minimum atomic E-state index is -4.40. The molecule has 0 aromatic carbocycles. The third-order valence-corrected chi connectivity index (χ3v) is 1.40. The summed E-state index contributed by atoms with van der Waals surface area (Å²) in [7, 11) is 0. The molecule has 1 atom stereocenters. The van der Waals surface area contributed by atoms with Gasteiger partial charge < -0.3 is 5.73 Å². The number of nitrogens with two attached hydrogens (primary N) is 1. The van der Waals surface area contributed by atoms with Gasteiger partial charge in [0.25, 0.3) is 0 Å². The number of hydrogen-bond acceptors (Lipinski definition) is 2. The maximum absolute atomic E-state index is 12.0. The first-order valence-electron chi connectivity index (χ1n) is 3.24. The normalized spacial score (nSPS) is 14.3. The Morgan fingerprint density at radius 2 is 2.08 bits per heavy atom. The molecule has 2 nitrogen and oxygen atoms in total. The van der Waals surface area contributed by atoms with Crippen LogP contribution in [0.25, 0.3) is 0 Å². The Kier molecular flexibility index (Phi) is 2.32. The second-order valence-electron chi connectivity index (χ2n) is 2.31. The second kappa shape index (κ2) is 3.10. The summed E-state index contributed by atoms with van der Waals surface area (Å²) in [5, 5.41) is 0. The minimum Gasteiger partial charge on any atom is -0.316 e. The SMILES string of the molecule is N[C@@H](c1cccnc1)C(F)(F)F. The number of alkyl halides is 3. The van der Waals surface area contributed by atoms with Crippen LogP contribution in [0.15, 0.2) is 24.5 Å². The van der Waals surface area contributed by atoms with Crippen LogP contribution in [0.2, 0.25) is 0 Å². The summed E-state index contributed by atoms with van der Waals surface area (Å²) in [6, 6.07) is 0.776. The molecular weight excluding hydrogens is 169 g/mol. The van der Waals surface area contributed by atoms with Gasteiger partial charge >= 0.3 is 6.18 Å². The van der Waals surface area contributed by atoms with Crippen molar-refractivity contribution >= 4 is 0 Å². The molecule has 0 bridgehead atoms. The lowest BCUT2D eigenvalue weighted by Gasteiger charge is -2.14. The van der Waals surface area contributed by atoms with Crippen LogP contribution in [-0.4, -0.2) is 11.2 Å². The Morgan fingerprint density at radius 3 is 2.50 bits per heavy atom. The van der Waals surface area contributed by atoms with Crippen molar-refractivity contribution in [3.63, 3.8) is 0 Å². The van der Waals surface area contributed by atoms with Crippen LogP contribution in [0, 0.1) is 0 Å². The molecule has 1 rings (SSSR count). The van der Waals surface area contributed by atoms with Crippen LogP contribution in [0.5, 0.6) is 0 Å². The van der Waals surface area contributed by atoms with Crippen molar-refractivity contribution in [3.8, 4) is 0 Å². The van der Waals surface area contributed by atoms with Gasteiger partial charge in [-0.3, -0.25) is 4.98 Å². The summed E-state index contributed by atoms with van der Waals surface area (Å²) in [5.74, 6) is 0. The predicted octanol–water partition coefficient (Wildman–Crippen LogP) is 1.64. The molecule has 12 heavy (non-hydrogen) atoms. The first-order valence-corrected chi connectivity index (χ1v) is 3.24. The zero-order valence-electron chi connectivity index (χ0n) is 6.05. The standard InChI is InChI=1S/C7H7F3N2/c8-7(9,10)6(11)5-2-1-3-12-4-5/h1-4,6H,11H2/t6-/m0/s1.